The molecule has 2 aromatic rings. The molecule has 0 radical (unpaired) electrons. The molecular weight excluding hydrogens is 256 g/mol. The highest BCUT2D eigenvalue weighted by Gasteiger charge is 2.34. The van der Waals surface area contributed by atoms with Gasteiger partial charge in [0.2, 0.25) is 0 Å². The third kappa shape index (κ3) is 2.51. The number of benzene rings is 2. The van der Waals surface area contributed by atoms with E-state index in [1.807, 2.05) is 42.5 Å². The number of rotatable bonds is 4. The monoisotopic (exact) mass is 270 g/mol. The number of para-hydroxylation sites is 1. The highest BCUT2D eigenvalue weighted by molar-refractivity contribution is 5.84. The van der Waals surface area contributed by atoms with Crippen molar-refractivity contribution in [3.63, 3.8) is 0 Å². The summed E-state index contributed by atoms with van der Waals surface area (Å²) in [7, 11) is 1.55. The fourth-order valence-corrected chi connectivity index (χ4v) is 1.98. The summed E-state index contributed by atoms with van der Waals surface area (Å²) in [4.78, 5) is 11.8. The lowest BCUT2D eigenvalue weighted by molar-refractivity contribution is -0.135. The number of epoxide rings is 1. The van der Waals surface area contributed by atoms with Gasteiger partial charge in [-0.3, -0.25) is 0 Å². The molecule has 0 aromatic heterocycles. The van der Waals surface area contributed by atoms with Gasteiger partial charge in [0.05, 0.1) is 13.7 Å². The first-order chi connectivity index (χ1) is 9.79. The van der Waals surface area contributed by atoms with Crippen molar-refractivity contribution in [1.82, 2.24) is 0 Å². The summed E-state index contributed by atoms with van der Waals surface area (Å²) >= 11 is 0. The zero-order chi connectivity index (χ0) is 13.9. The van der Waals surface area contributed by atoms with Crippen molar-refractivity contribution in [3.05, 3.63) is 48.5 Å². The minimum absolute atomic E-state index is 0.383. The molecule has 1 atom stereocenters. The summed E-state index contributed by atoms with van der Waals surface area (Å²) < 4.78 is 15.7. The third-order valence-electron chi connectivity index (χ3n) is 3.08. The third-order valence-corrected chi connectivity index (χ3v) is 3.08. The zero-order valence-electron chi connectivity index (χ0n) is 11.0. The summed E-state index contributed by atoms with van der Waals surface area (Å²) in [6.07, 6.45) is -0.441. The molecule has 1 heterocycles. The fraction of sp³-hybridized carbons (Fsp3) is 0.188. The quantitative estimate of drug-likeness (QED) is 0.487. The molecule has 0 amide bonds. The Kier molecular flexibility index (Phi) is 3.39. The second-order valence-electron chi connectivity index (χ2n) is 4.45. The second kappa shape index (κ2) is 5.35. The van der Waals surface area contributed by atoms with Gasteiger partial charge in [0.1, 0.15) is 0 Å². The molecule has 1 aliphatic rings. The molecule has 0 spiro atoms. The van der Waals surface area contributed by atoms with Gasteiger partial charge in [-0.15, -0.1) is 0 Å². The van der Waals surface area contributed by atoms with Crippen molar-refractivity contribution in [2.45, 2.75) is 6.10 Å². The fourth-order valence-electron chi connectivity index (χ4n) is 1.98. The van der Waals surface area contributed by atoms with E-state index < -0.39 is 6.10 Å². The Morgan fingerprint density at radius 3 is 2.55 bits per heavy atom. The Balaban J connectivity index is 2.02. The molecule has 0 N–H and O–H groups in total. The van der Waals surface area contributed by atoms with Crippen molar-refractivity contribution in [1.29, 1.82) is 0 Å². The van der Waals surface area contributed by atoms with Crippen molar-refractivity contribution < 1.29 is 19.0 Å². The Hall–Kier alpha value is -2.33. The van der Waals surface area contributed by atoms with Crippen LogP contribution in [-0.4, -0.2) is 25.8 Å². The minimum Gasteiger partial charge on any atom is -0.493 e. The predicted octanol–water partition coefficient (Wildman–Crippen LogP) is 2.67. The summed E-state index contributed by atoms with van der Waals surface area (Å²) in [5, 5.41) is 0. The predicted molar refractivity (Wildman–Crippen MR) is 73.8 cm³/mol. The first-order valence-corrected chi connectivity index (χ1v) is 6.35. The second-order valence-corrected chi connectivity index (χ2v) is 4.45. The minimum atomic E-state index is -0.441. The Labute approximate surface area is 116 Å². The van der Waals surface area contributed by atoms with E-state index in [9.17, 15) is 4.79 Å². The van der Waals surface area contributed by atoms with Crippen molar-refractivity contribution in [2.75, 3.05) is 13.7 Å². The molecule has 0 aliphatic carbocycles. The van der Waals surface area contributed by atoms with Gasteiger partial charge in [-0.25, -0.2) is 4.79 Å². The van der Waals surface area contributed by atoms with Gasteiger partial charge in [0.25, 0.3) is 0 Å². The summed E-state index contributed by atoms with van der Waals surface area (Å²) in [6.45, 7) is 0.425. The first-order valence-electron chi connectivity index (χ1n) is 6.35. The van der Waals surface area contributed by atoms with Crippen LogP contribution in [0.3, 0.4) is 0 Å². The van der Waals surface area contributed by atoms with Crippen molar-refractivity contribution >= 4 is 5.97 Å². The largest absolute Gasteiger partial charge is 0.493 e. The molecular formula is C16H14O4. The maximum Gasteiger partial charge on any atom is 0.343 e. The van der Waals surface area contributed by atoms with Crippen LogP contribution >= 0.6 is 0 Å². The van der Waals surface area contributed by atoms with E-state index in [2.05, 4.69) is 0 Å². The van der Waals surface area contributed by atoms with Gasteiger partial charge in [-0.05, 0) is 11.6 Å². The number of methoxy groups -OCH3 is 1. The molecule has 1 unspecified atom stereocenters. The van der Waals surface area contributed by atoms with E-state index in [1.54, 1.807) is 13.2 Å². The Morgan fingerprint density at radius 1 is 1.15 bits per heavy atom. The molecule has 1 saturated heterocycles. The normalized spacial score (nSPS) is 16.6. The van der Waals surface area contributed by atoms with Crippen LogP contribution in [0.25, 0.3) is 11.1 Å². The molecule has 0 saturated carbocycles. The molecule has 4 nitrogen and oxygen atoms in total. The smallest absolute Gasteiger partial charge is 0.343 e. The topological polar surface area (TPSA) is 48.1 Å². The van der Waals surface area contributed by atoms with Gasteiger partial charge in [-0.2, -0.15) is 0 Å². The van der Waals surface area contributed by atoms with E-state index in [1.165, 1.54) is 0 Å². The van der Waals surface area contributed by atoms with E-state index in [0.29, 0.717) is 18.1 Å². The molecule has 20 heavy (non-hydrogen) atoms. The maximum absolute atomic E-state index is 11.8. The number of carbonyl (C=O) groups is 1. The Bertz CT molecular complexity index is 618. The number of carbonyl (C=O) groups excluding carboxylic acids is 1. The molecule has 102 valence electrons. The van der Waals surface area contributed by atoms with E-state index in [-0.39, 0.29) is 5.97 Å². The van der Waals surface area contributed by atoms with E-state index in [4.69, 9.17) is 14.2 Å². The molecule has 4 heteroatoms. The van der Waals surface area contributed by atoms with Crippen LogP contribution in [0.2, 0.25) is 0 Å². The van der Waals surface area contributed by atoms with Crippen molar-refractivity contribution in [2.24, 2.45) is 0 Å². The van der Waals surface area contributed by atoms with E-state index in [0.717, 1.165) is 11.1 Å². The summed E-state index contributed by atoms with van der Waals surface area (Å²) in [5.74, 6) is 0.578. The lowest BCUT2D eigenvalue weighted by atomic mass is 10.0. The van der Waals surface area contributed by atoms with Crippen LogP contribution in [0, 0.1) is 0 Å². The molecule has 2 aromatic carbocycles. The van der Waals surface area contributed by atoms with Crippen molar-refractivity contribution in [3.8, 4) is 22.6 Å². The molecule has 3 rings (SSSR count). The molecule has 1 aliphatic heterocycles. The van der Waals surface area contributed by atoms with Gasteiger partial charge in [0, 0.05) is 5.56 Å². The standard InChI is InChI=1S/C16H14O4/c1-18-13-9-5-8-12(11-6-3-2-4-7-11)15(13)20-16(17)14-10-19-14/h2-9,14H,10H2,1H3. The van der Waals surface area contributed by atoms with Crippen LogP contribution in [0.15, 0.2) is 48.5 Å². The SMILES string of the molecule is COc1cccc(-c2ccccc2)c1OC(=O)C1CO1. The van der Waals surface area contributed by atoms with Crippen LogP contribution < -0.4 is 9.47 Å². The average Bonchev–Trinajstić information content (AvgIpc) is 3.33. The zero-order valence-corrected chi connectivity index (χ0v) is 11.0. The van der Waals surface area contributed by atoms with Crippen LogP contribution in [0.5, 0.6) is 11.5 Å². The highest BCUT2D eigenvalue weighted by Crippen LogP contribution is 2.38. The van der Waals surface area contributed by atoms with Crippen LogP contribution in [-0.2, 0) is 9.53 Å². The average molecular weight is 270 g/mol. The van der Waals surface area contributed by atoms with Gasteiger partial charge in [0.15, 0.2) is 17.6 Å². The number of hydrogen-bond donors (Lipinski definition) is 0. The maximum atomic E-state index is 11.8. The van der Waals surface area contributed by atoms with Crippen LogP contribution in [0.4, 0.5) is 0 Å². The first kappa shape index (κ1) is 12.7. The molecule has 0 bridgehead atoms. The number of ether oxygens (including phenoxy) is 3. The number of esters is 1. The lowest BCUT2D eigenvalue weighted by Gasteiger charge is -2.13. The lowest BCUT2D eigenvalue weighted by Crippen LogP contribution is -2.15. The van der Waals surface area contributed by atoms with E-state index >= 15 is 0 Å². The van der Waals surface area contributed by atoms with Gasteiger partial charge < -0.3 is 14.2 Å². The van der Waals surface area contributed by atoms with Gasteiger partial charge >= 0.3 is 5.97 Å². The number of hydrogen-bond acceptors (Lipinski definition) is 4. The highest BCUT2D eigenvalue weighted by atomic mass is 16.6. The van der Waals surface area contributed by atoms with Gasteiger partial charge in [-0.1, -0.05) is 42.5 Å². The summed E-state index contributed by atoms with van der Waals surface area (Å²) in [6, 6.07) is 15.3. The Morgan fingerprint density at radius 2 is 1.90 bits per heavy atom. The van der Waals surface area contributed by atoms with Crippen LogP contribution in [0.1, 0.15) is 0 Å². The summed E-state index contributed by atoms with van der Waals surface area (Å²) in [5.41, 5.74) is 1.78. The molecule has 1 fully saturated rings.